The number of fused-ring (bicyclic) bond motifs is 3. The molecule has 0 saturated carbocycles. The Hall–Kier alpha value is -3.10. The smallest absolute Gasteiger partial charge is 0.184 e. The summed E-state index contributed by atoms with van der Waals surface area (Å²) in [5.41, 5.74) is 4.84. The van der Waals surface area contributed by atoms with E-state index in [4.69, 9.17) is 17.0 Å². The number of aryl methyl sites for hydroxylation is 1. The molecule has 0 spiro atoms. The van der Waals surface area contributed by atoms with Gasteiger partial charge in [0.15, 0.2) is 10.8 Å². The van der Waals surface area contributed by atoms with Crippen molar-refractivity contribution in [2.45, 2.75) is 13.5 Å². The van der Waals surface area contributed by atoms with E-state index in [0.29, 0.717) is 24.8 Å². The fraction of sp³-hybridized carbons (Fsp3) is 0.238. The highest BCUT2D eigenvalue weighted by Gasteiger charge is 2.16. The third kappa shape index (κ3) is 4.18. The molecule has 0 bridgehead atoms. The second kappa shape index (κ2) is 8.50. The first kappa shape index (κ1) is 19.2. The van der Waals surface area contributed by atoms with Crippen LogP contribution in [0.3, 0.4) is 0 Å². The Morgan fingerprint density at radius 1 is 1.17 bits per heavy atom. The quantitative estimate of drug-likeness (QED) is 0.492. The van der Waals surface area contributed by atoms with Gasteiger partial charge >= 0.3 is 0 Å². The number of nitrogens with zero attached hydrogens (tertiary/aromatic N) is 5. The minimum Gasteiger partial charge on any atom is -0.383 e. The molecular weight excluding hydrogens is 384 g/mol. The molecule has 1 N–H and O–H groups in total. The lowest BCUT2D eigenvalue weighted by molar-refractivity contribution is 0.175. The molecule has 0 fully saturated rings. The Morgan fingerprint density at radius 2 is 2.00 bits per heavy atom. The minimum atomic E-state index is 0.560. The van der Waals surface area contributed by atoms with Crippen molar-refractivity contribution < 1.29 is 4.74 Å². The molecule has 4 rings (SSSR count). The Kier molecular flexibility index (Phi) is 5.64. The summed E-state index contributed by atoms with van der Waals surface area (Å²) in [7, 11) is 1.69. The molecule has 0 aliphatic carbocycles. The van der Waals surface area contributed by atoms with Gasteiger partial charge in [0.2, 0.25) is 0 Å². The Bertz CT molecular complexity index is 1140. The van der Waals surface area contributed by atoms with Crippen molar-refractivity contribution in [2.24, 2.45) is 0 Å². The molecule has 29 heavy (non-hydrogen) atoms. The summed E-state index contributed by atoms with van der Waals surface area (Å²) in [5, 5.41) is 17.3. The molecule has 0 atom stereocenters. The number of hydrogen-bond donors (Lipinski definition) is 1. The van der Waals surface area contributed by atoms with Crippen molar-refractivity contribution in [3.63, 3.8) is 0 Å². The van der Waals surface area contributed by atoms with Gasteiger partial charge in [-0.25, -0.2) is 0 Å². The molecule has 2 heterocycles. The molecule has 0 aliphatic heterocycles. The normalized spacial score (nSPS) is 11.1. The van der Waals surface area contributed by atoms with Gasteiger partial charge in [-0.3, -0.25) is 0 Å². The monoisotopic (exact) mass is 406 g/mol. The largest absolute Gasteiger partial charge is 0.383 e. The molecule has 0 aliphatic rings. The molecule has 148 valence electrons. The number of pyridine rings is 1. The Morgan fingerprint density at radius 3 is 2.79 bits per heavy atom. The third-order valence-corrected chi connectivity index (χ3v) is 5.10. The summed E-state index contributed by atoms with van der Waals surface area (Å²) in [6.07, 6.45) is 0. The highest BCUT2D eigenvalue weighted by Crippen LogP contribution is 2.22. The number of benzene rings is 2. The summed E-state index contributed by atoms with van der Waals surface area (Å²) >= 11 is 5.69. The van der Waals surface area contributed by atoms with E-state index in [9.17, 15) is 0 Å². The van der Waals surface area contributed by atoms with Crippen LogP contribution in [0.5, 0.6) is 0 Å². The number of para-hydroxylation sites is 1. The number of hydrogen-bond acceptors (Lipinski definition) is 5. The molecule has 7 nitrogen and oxygen atoms in total. The average Bonchev–Trinajstić information content (AvgIpc) is 3.21. The summed E-state index contributed by atoms with van der Waals surface area (Å²) < 4.78 is 7.08. The van der Waals surface area contributed by atoms with Gasteiger partial charge in [-0.1, -0.05) is 29.8 Å². The van der Waals surface area contributed by atoms with Gasteiger partial charge in [0.1, 0.15) is 0 Å². The van der Waals surface area contributed by atoms with Crippen molar-refractivity contribution in [3.05, 3.63) is 65.7 Å². The molecule has 0 radical (unpaired) electrons. The van der Waals surface area contributed by atoms with Gasteiger partial charge in [0.25, 0.3) is 0 Å². The number of aromatic nitrogens is 4. The zero-order valence-corrected chi connectivity index (χ0v) is 17.2. The van der Waals surface area contributed by atoms with Crippen LogP contribution in [0.15, 0.2) is 54.6 Å². The zero-order valence-electron chi connectivity index (χ0n) is 16.4. The zero-order chi connectivity index (χ0) is 20.2. The van der Waals surface area contributed by atoms with Crippen LogP contribution in [0.25, 0.3) is 16.6 Å². The van der Waals surface area contributed by atoms with Crippen molar-refractivity contribution >= 4 is 39.6 Å². The molecule has 0 amide bonds. The predicted molar refractivity (Wildman–Crippen MR) is 118 cm³/mol. The highest BCUT2D eigenvalue weighted by atomic mass is 32.1. The average molecular weight is 407 g/mol. The lowest BCUT2D eigenvalue weighted by atomic mass is 10.1. The van der Waals surface area contributed by atoms with Crippen LogP contribution < -0.4 is 5.32 Å². The maximum Gasteiger partial charge on any atom is 0.184 e. The summed E-state index contributed by atoms with van der Waals surface area (Å²) in [6, 6.07) is 18.3. The van der Waals surface area contributed by atoms with Gasteiger partial charge in [-0.2, -0.15) is 4.52 Å². The van der Waals surface area contributed by atoms with Crippen molar-refractivity contribution in [1.82, 2.24) is 24.9 Å². The molecule has 8 heteroatoms. The van der Waals surface area contributed by atoms with E-state index in [1.54, 1.807) is 11.6 Å². The summed E-state index contributed by atoms with van der Waals surface area (Å²) in [4.78, 5) is 2.07. The standard InChI is InChI=1S/C21H22N6OS/c1-15-8-9-19-16(12-15)13-17(20-23-24-25-27(19)20)14-26(10-11-28-2)21(29)22-18-6-4-3-5-7-18/h3-9,12-13H,10-11,14H2,1-2H3,(H,22,29). The van der Waals surface area contributed by atoms with E-state index in [0.717, 1.165) is 27.8 Å². The molecule has 4 aromatic rings. The second-order valence-electron chi connectivity index (χ2n) is 6.86. The molecule has 0 unspecified atom stereocenters. The first-order valence-electron chi connectivity index (χ1n) is 9.36. The molecule has 2 aromatic heterocycles. The molecule has 0 saturated heterocycles. The first-order chi connectivity index (χ1) is 14.2. The van der Waals surface area contributed by atoms with Gasteiger partial charge in [-0.05, 0) is 59.9 Å². The van der Waals surface area contributed by atoms with Crippen LogP contribution in [0.2, 0.25) is 0 Å². The van der Waals surface area contributed by atoms with Crippen LogP contribution in [-0.2, 0) is 11.3 Å². The lowest BCUT2D eigenvalue weighted by Gasteiger charge is -2.26. The highest BCUT2D eigenvalue weighted by molar-refractivity contribution is 7.80. The van der Waals surface area contributed by atoms with Crippen LogP contribution >= 0.6 is 12.2 Å². The molecule has 2 aromatic carbocycles. The van der Waals surface area contributed by atoms with Gasteiger partial charge < -0.3 is 15.0 Å². The van der Waals surface area contributed by atoms with Crippen LogP contribution in [0.1, 0.15) is 11.1 Å². The van der Waals surface area contributed by atoms with Gasteiger partial charge in [-0.15, -0.1) is 5.10 Å². The van der Waals surface area contributed by atoms with E-state index in [1.807, 2.05) is 36.4 Å². The van der Waals surface area contributed by atoms with Crippen LogP contribution in [0.4, 0.5) is 5.69 Å². The van der Waals surface area contributed by atoms with Crippen LogP contribution in [-0.4, -0.2) is 50.3 Å². The number of anilines is 1. The third-order valence-electron chi connectivity index (χ3n) is 4.74. The molecular formula is C21H22N6OS. The lowest BCUT2D eigenvalue weighted by Crippen LogP contribution is -2.36. The predicted octanol–water partition coefficient (Wildman–Crippen LogP) is 3.43. The number of ether oxygens (including phenoxy) is 1. The van der Waals surface area contributed by atoms with E-state index < -0.39 is 0 Å². The van der Waals surface area contributed by atoms with Gasteiger partial charge in [0.05, 0.1) is 12.1 Å². The van der Waals surface area contributed by atoms with E-state index in [2.05, 4.69) is 50.9 Å². The first-order valence-corrected chi connectivity index (χ1v) is 9.77. The summed E-state index contributed by atoms with van der Waals surface area (Å²) in [6.45, 7) is 3.85. The van der Waals surface area contributed by atoms with E-state index >= 15 is 0 Å². The SMILES string of the molecule is COCCN(Cc1cc2cc(C)ccc2n2nnnc12)C(=S)Nc1ccccc1. The maximum absolute atomic E-state index is 5.69. The van der Waals surface area contributed by atoms with Crippen molar-refractivity contribution in [2.75, 3.05) is 25.6 Å². The second-order valence-corrected chi connectivity index (χ2v) is 7.24. The fourth-order valence-electron chi connectivity index (χ4n) is 3.28. The Balaban J connectivity index is 1.68. The maximum atomic E-state index is 5.69. The number of methoxy groups -OCH3 is 1. The minimum absolute atomic E-state index is 0.560. The topological polar surface area (TPSA) is 67.6 Å². The van der Waals surface area contributed by atoms with Crippen molar-refractivity contribution in [1.29, 1.82) is 0 Å². The number of thiocarbonyl (C=S) groups is 1. The van der Waals surface area contributed by atoms with Crippen molar-refractivity contribution in [3.8, 4) is 0 Å². The van der Waals surface area contributed by atoms with Crippen LogP contribution in [0, 0.1) is 6.92 Å². The summed E-state index contributed by atoms with van der Waals surface area (Å²) in [5.74, 6) is 0. The Labute approximate surface area is 174 Å². The van der Waals surface area contributed by atoms with Gasteiger partial charge in [0, 0.05) is 36.8 Å². The number of nitrogens with one attached hydrogen (secondary N) is 1. The van der Waals surface area contributed by atoms with E-state index in [-0.39, 0.29) is 0 Å². The number of rotatable bonds is 6. The van der Waals surface area contributed by atoms with E-state index in [1.165, 1.54) is 5.56 Å². The fourth-order valence-corrected chi connectivity index (χ4v) is 3.56. The number of tetrazole rings is 1.